The van der Waals surface area contributed by atoms with E-state index in [9.17, 15) is 10.1 Å². The van der Waals surface area contributed by atoms with Crippen LogP contribution in [0.25, 0.3) is 10.2 Å². The maximum Gasteiger partial charge on any atom is 0.248 e. The van der Waals surface area contributed by atoms with Gasteiger partial charge >= 0.3 is 0 Å². The molecule has 3 heterocycles. The van der Waals surface area contributed by atoms with E-state index in [1.54, 1.807) is 6.07 Å². The van der Waals surface area contributed by atoms with Crippen molar-refractivity contribution >= 4 is 33.4 Å². The lowest BCUT2D eigenvalue weighted by molar-refractivity contribution is 0.1000. The Hall–Kier alpha value is -4.00. The van der Waals surface area contributed by atoms with Gasteiger partial charge in [0.05, 0.1) is 17.1 Å². The molecule has 0 spiro atoms. The van der Waals surface area contributed by atoms with Crippen LogP contribution in [0, 0.1) is 25.2 Å². The fourth-order valence-corrected chi connectivity index (χ4v) is 5.36. The number of amides is 1. The van der Waals surface area contributed by atoms with Crippen LogP contribution in [-0.2, 0) is 6.54 Å². The zero-order valence-corrected chi connectivity index (χ0v) is 20.9. The van der Waals surface area contributed by atoms with Gasteiger partial charge in [0.15, 0.2) is 0 Å². The summed E-state index contributed by atoms with van der Waals surface area (Å²) in [5.41, 5.74) is 10.2. The van der Waals surface area contributed by atoms with Crippen molar-refractivity contribution in [2.75, 3.05) is 18.4 Å². The Bertz CT molecular complexity index is 1470. The van der Waals surface area contributed by atoms with Gasteiger partial charge in [-0.05, 0) is 72.7 Å². The second-order valence-corrected chi connectivity index (χ2v) is 9.99. The van der Waals surface area contributed by atoms with Gasteiger partial charge in [0.2, 0.25) is 17.7 Å². The molecule has 3 N–H and O–H groups in total. The van der Waals surface area contributed by atoms with Crippen molar-refractivity contribution in [2.24, 2.45) is 5.73 Å². The molecule has 1 fully saturated rings. The number of carbonyl (C=O) groups excluding carboxylic acids is 1. The fraction of sp³-hybridized carbons (Fsp3) is 0.259. The summed E-state index contributed by atoms with van der Waals surface area (Å²) >= 11 is 1.54. The Morgan fingerprint density at radius 3 is 2.81 bits per heavy atom. The van der Waals surface area contributed by atoms with Crippen LogP contribution in [0.15, 0.2) is 47.8 Å². The predicted molar refractivity (Wildman–Crippen MR) is 140 cm³/mol. The highest BCUT2D eigenvalue weighted by Gasteiger charge is 2.24. The molecule has 2 aromatic heterocycles. The molecule has 5 rings (SSSR count). The molecule has 0 bridgehead atoms. The van der Waals surface area contributed by atoms with E-state index in [1.807, 2.05) is 55.6 Å². The van der Waals surface area contributed by atoms with Gasteiger partial charge in [-0.15, -0.1) is 11.3 Å². The van der Waals surface area contributed by atoms with Crippen LogP contribution in [0.2, 0.25) is 0 Å². The van der Waals surface area contributed by atoms with Crippen molar-refractivity contribution in [3.63, 3.8) is 0 Å². The third kappa shape index (κ3) is 5.00. The number of carbonyl (C=O) groups is 1. The number of primary amides is 1. The van der Waals surface area contributed by atoms with Gasteiger partial charge in [0, 0.05) is 31.2 Å². The molecule has 0 aliphatic carbocycles. The second-order valence-electron chi connectivity index (χ2n) is 9.07. The summed E-state index contributed by atoms with van der Waals surface area (Å²) in [5.74, 6) is 1.33. The molecule has 1 atom stereocenters. The second kappa shape index (κ2) is 9.93. The SMILES string of the molecule is Cc1cc(C#N)cc(C)c1Oc1nc(N[C@@H]2CCN(Cc3cccc(C(N)=O)c3)C2)nc2ccsc12. The Morgan fingerprint density at radius 2 is 2.06 bits per heavy atom. The molecule has 2 aromatic carbocycles. The van der Waals surface area contributed by atoms with Crippen molar-refractivity contribution in [1.29, 1.82) is 5.26 Å². The molecule has 36 heavy (non-hydrogen) atoms. The number of nitrogens with two attached hydrogens (primary N) is 1. The van der Waals surface area contributed by atoms with Gasteiger partial charge in [0.1, 0.15) is 10.4 Å². The van der Waals surface area contributed by atoms with Crippen LogP contribution in [0.1, 0.15) is 39.0 Å². The highest BCUT2D eigenvalue weighted by Crippen LogP contribution is 2.35. The van der Waals surface area contributed by atoms with Crippen molar-refractivity contribution in [3.05, 3.63) is 75.7 Å². The van der Waals surface area contributed by atoms with Crippen molar-refractivity contribution in [2.45, 2.75) is 32.9 Å². The predicted octanol–water partition coefficient (Wildman–Crippen LogP) is 4.76. The maximum atomic E-state index is 11.5. The van der Waals surface area contributed by atoms with Crippen LogP contribution in [0.4, 0.5) is 5.95 Å². The number of thiophene rings is 1. The van der Waals surface area contributed by atoms with Crippen molar-refractivity contribution in [3.8, 4) is 17.7 Å². The maximum absolute atomic E-state index is 11.5. The summed E-state index contributed by atoms with van der Waals surface area (Å²) in [5, 5.41) is 14.7. The number of likely N-dealkylation sites (tertiary alicyclic amines) is 1. The van der Waals surface area contributed by atoms with Gasteiger partial charge in [-0.3, -0.25) is 9.69 Å². The Balaban J connectivity index is 1.32. The molecular formula is C27H26N6O2S. The van der Waals surface area contributed by atoms with E-state index in [1.165, 1.54) is 11.3 Å². The molecule has 0 saturated carbocycles. The molecule has 0 unspecified atom stereocenters. The lowest BCUT2D eigenvalue weighted by atomic mass is 10.1. The highest BCUT2D eigenvalue weighted by molar-refractivity contribution is 7.17. The van der Waals surface area contributed by atoms with Crippen molar-refractivity contribution < 1.29 is 9.53 Å². The number of hydrogen-bond acceptors (Lipinski definition) is 8. The summed E-state index contributed by atoms with van der Waals surface area (Å²) in [6.45, 7) is 6.36. The van der Waals surface area contributed by atoms with Gasteiger partial charge in [0.25, 0.3) is 0 Å². The number of nitriles is 1. The first kappa shape index (κ1) is 23.7. The summed E-state index contributed by atoms with van der Waals surface area (Å²) < 4.78 is 7.19. The number of anilines is 1. The van der Waals surface area contributed by atoms with E-state index in [4.69, 9.17) is 20.4 Å². The minimum absolute atomic E-state index is 0.187. The first-order valence-electron chi connectivity index (χ1n) is 11.7. The zero-order chi connectivity index (χ0) is 25.2. The minimum atomic E-state index is -0.414. The third-order valence-corrected chi connectivity index (χ3v) is 7.18. The third-order valence-electron chi connectivity index (χ3n) is 6.28. The lowest BCUT2D eigenvalue weighted by Crippen LogP contribution is -2.26. The number of aromatic nitrogens is 2. The van der Waals surface area contributed by atoms with Gasteiger partial charge < -0.3 is 15.8 Å². The van der Waals surface area contributed by atoms with E-state index in [0.29, 0.717) is 28.7 Å². The van der Waals surface area contributed by atoms with Crippen molar-refractivity contribution in [1.82, 2.24) is 14.9 Å². The molecule has 0 radical (unpaired) electrons. The minimum Gasteiger partial charge on any atom is -0.437 e. The Labute approximate surface area is 213 Å². The molecule has 182 valence electrons. The van der Waals surface area contributed by atoms with Crippen LogP contribution in [0.5, 0.6) is 11.6 Å². The van der Waals surface area contributed by atoms with E-state index in [-0.39, 0.29) is 6.04 Å². The normalized spacial score (nSPS) is 15.6. The Kier molecular flexibility index (Phi) is 6.55. The summed E-state index contributed by atoms with van der Waals surface area (Å²) in [6.07, 6.45) is 0.949. The van der Waals surface area contributed by atoms with E-state index >= 15 is 0 Å². The number of fused-ring (bicyclic) bond motifs is 1. The summed E-state index contributed by atoms with van der Waals surface area (Å²) in [4.78, 5) is 23.3. The summed E-state index contributed by atoms with van der Waals surface area (Å²) in [6, 6.07) is 15.4. The molecule has 9 heteroatoms. The molecule has 8 nitrogen and oxygen atoms in total. The average Bonchev–Trinajstić information content (AvgIpc) is 3.50. The largest absolute Gasteiger partial charge is 0.437 e. The van der Waals surface area contributed by atoms with E-state index < -0.39 is 5.91 Å². The number of hydrogen-bond donors (Lipinski definition) is 2. The number of nitrogens with zero attached hydrogens (tertiary/aromatic N) is 4. The molecule has 4 aromatic rings. The van der Waals surface area contributed by atoms with Crippen LogP contribution in [0.3, 0.4) is 0 Å². The Morgan fingerprint density at radius 1 is 1.25 bits per heavy atom. The van der Waals surface area contributed by atoms with Crippen LogP contribution in [-0.4, -0.2) is 39.9 Å². The van der Waals surface area contributed by atoms with E-state index in [0.717, 1.165) is 53.0 Å². The number of aryl methyl sites for hydroxylation is 2. The lowest BCUT2D eigenvalue weighted by Gasteiger charge is -2.18. The van der Waals surface area contributed by atoms with Gasteiger partial charge in [-0.2, -0.15) is 10.2 Å². The number of ether oxygens (including phenoxy) is 1. The number of benzene rings is 2. The number of nitrogens with one attached hydrogen (secondary N) is 1. The van der Waals surface area contributed by atoms with E-state index in [2.05, 4.69) is 16.3 Å². The van der Waals surface area contributed by atoms with Gasteiger partial charge in [-0.1, -0.05) is 12.1 Å². The van der Waals surface area contributed by atoms with Crippen LogP contribution >= 0.6 is 11.3 Å². The molecule has 1 aliphatic heterocycles. The first-order valence-corrected chi connectivity index (χ1v) is 12.6. The van der Waals surface area contributed by atoms with Gasteiger partial charge in [-0.25, -0.2) is 4.98 Å². The quantitative estimate of drug-likeness (QED) is 0.377. The first-order chi connectivity index (χ1) is 17.4. The standard InChI is InChI=1S/C27H26N6O2S/c1-16-10-19(13-28)11-17(2)23(16)35-26-24-22(7-9-36-24)31-27(32-26)30-21-6-8-33(15-21)14-18-4-3-5-20(12-18)25(29)34/h3-5,7,9-12,21H,6,8,14-15H2,1-2H3,(H2,29,34)(H,30,31,32)/t21-/m1/s1. The number of rotatable bonds is 7. The molecular weight excluding hydrogens is 472 g/mol. The average molecular weight is 499 g/mol. The smallest absolute Gasteiger partial charge is 0.248 e. The summed E-state index contributed by atoms with van der Waals surface area (Å²) in [7, 11) is 0. The van der Waals surface area contributed by atoms with Crippen LogP contribution < -0.4 is 15.8 Å². The molecule has 1 saturated heterocycles. The zero-order valence-electron chi connectivity index (χ0n) is 20.1. The monoisotopic (exact) mass is 498 g/mol. The molecule has 1 amide bonds. The fourth-order valence-electron chi connectivity index (χ4n) is 4.60. The highest BCUT2D eigenvalue weighted by atomic mass is 32.1. The topological polar surface area (TPSA) is 117 Å². The molecule has 1 aliphatic rings.